The molecule has 0 aliphatic heterocycles. The predicted molar refractivity (Wildman–Crippen MR) is 51.4 cm³/mol. The molecular weight excluding hydrogens is 140 g/mol. The molecule has 1 radical (unpaired) electrons. The van der Waals surface area contributed by atoms with Gasteiger partial charge in [-0.15, -0.1) is 0 Å². The Hall–Kier alpha value is 0.350. The van der Waals surface area contributed by atoms with Gasteiger partial charge in [0.1, 0.15) is 0 Å². The second kappa shape index (κ2) is 7.46. The maximum atomic E-state index is 3.91. The van der Waals surface area contributed by atoms with Crippen LogP contribution in [0.15, 0.2) is 0 Å². The van der Waals surface area contributed by atoms with E-state index in [0.29, 0.717) is 0 Å². The summed E-state index contributed by atoms with van der Waals surface area (Å²) in [5.74, 6) is 0. The fourth-order valence-electron chi connectivity index (χ4n) is 1.00. The van der Waals surface area contributed by atoms with Crippen LogP contribution >= 0.6 is 11.8 Å². The molecule has 0 aliphatic carbocycles. The molecule has 1 heteroatoms. The second-order valence-electron chi connectivity index (χ2n) is 2.64. The van der Waals surface area contributed by atoms with Gasteiger partial charge in [0.05, 0.1) is 0 Å². The van der Waals surface area contributed by atoms with E-state index in [1.165, 1.54) is 25.7 Å². The first kappa shape index (κ1) is 10.3. The maximum absolute atomic E-state index is 3.91. The third kappa shape index (κ3) is 5.16. The van der Waals surface area contributed by atoms with Crippen molar-refractivity contribution in [3.8, 4) is 0 Å². The molecule has 1 atom stereocenters. The van der Waals surface area contributed by atoms with E-state index in [-0.39, 0.29) is 0 Å². The molecule has 10 heavy (non-hydrogen) atoms. The zero-order valence-electron chi connectivity index (χ0n) is 7.23. The fraction of sp³-hybridized carbons (Fsp3) is 0.889. The summed E-state index contributed by atoms with van der Waals surface area (Å²) in [5.41, 5.74) is 0. The molecule has 61 valence electrons. The molecule has 0 aliphatic rings. The minimum absolute atomic E-state index is 0.812. The molecule has 0 spiro atoms. The summed E-state index contributed by atoms with van der Waals surface area (Å²) in [4.78, 5) is 0. The zero-order chi connectivity index (χ0) is 7.82. The van der Waals surface area contributed by atoms with Gasteiger partial charge >= 0.3 is 0 Å². The van der Waals surface area contributed by atoms with Crippen molar-refractivity contribution in [2.24, 2.45) is 0 Å². The number of rotatable bonds is 6. The van der Waals surface area contributed by atoms with Gasteiger partial charge in [-0.25, -0.2) is 0 Å². The van der Waals surface area contributed by atoms with E-state index in [0.717, 1.165) is 11.7 Å². The van der Waals surface area contributed by atoms with Crippen molar-refractivity contribution in [3.63, 3.8) is 0 Å². The van der Waals surface area contributed by atoms with Crippen molar-refractivity contribution in [3.05, 3.63) is 6.92 Å². The number of hydrogen-bond acceptors (Lipinski definition) is 1. The van der Waals surface area contributed by atoms with Crippen LogP contribution in [0.25, 0.3) is 0 Å². The van der Waals surface area contributed by atoms with Gasteiger partial charge in [0.25, 0.3) is 0 Å². The number of hydrogen-bond donors (Lipinski definition) is 0. The smallest absolute Gasteiger partial charge is 0.00442 e. The highest BCUT2D eigenvalue weighted by Gasteiger charge is 2.01. The summed E-state index contributed by atoms with van der Waals surface area (Å²) in [6, 6.07) is 0. The first-order chi connectivity index (χ1) is 4.85. The molecule has 0 saturated carbocycles. The van der Waals surface area contributed by atoms with Crippen molar-refractivity contribution < 1.29 is 0 Å². The third-order valence-corrected chi connectivity index (χ3v) is 2.92. The van der Waals surface area contributed by atoms with E-state index in [1.807, 2.05) is 11.8 Å². The highest BCUT2D eigenvalue weighted by Crippen LogP contribution is 2.17. The topological polar surface area (TPSA) is 0 Å². The van der Waals surface area contributed by atoms with E-state index in [9.17, 15) is 0 Å². The Labute approximate surface area is 69.8 Å². The maximum Gasteiger partial charge on any atom is 0.00442 e. The summed E-state index contributed by atoms with van der Waals surface area (Å²) in [7, 11) is 0. The Morgan fingerprint density at radius 2 is 2.10 bits per heavy atom. The van der Waals surface area contributed by atoms with Crippen molar-refractivity contribution in [2.75, 3.05) is 6.26 Å². The van der Waals surface area contributed by atoms with Crippen LogP contribution in [0.2, 0.25) is 0 Å². The lowest BCUT2D eigenvalue weighted by atomic mass is 10.1. The molecule has 0 heterocycles. The average Bonchev–Trinajstić information content (AvgIpc) is 1.99. The average molecular weight is 159 g/mol. The van der Waals surface area contributed by atoms with Gasteiger partial charge in [0.2, 0.25) is 0 Å². The Kier molecular flexibility index (Phi) is 7.72. The van der Waals surface area contributed by atoms with Crippen LogP contribution in [0.5, 0.6) is 0 Å². The van der Waals surface area contributed by atoms with Crippen molar-refractivity contribution in [1.82, 2.24) is 0 Å². The summed E-state index contributed by atoms with van der Waals surface area (Å²) in [6.45, 7) is 6.16. The van der Waals surface area contributed by atoms with E-state index in [1.54, 1.807) is 0 Å². The number of thioether (sulfide) groups is 1. The van der Waals surface area contributed by atoms with Crippen molar-refractivity contribution >= 4 is 11.8 Å². The quantitative estimate of drug-likeness (QED) is 0.534. The molecular formula is C9H19S. The Bertz CT molecular complexity index is 57.7. The molecule has 0 saturated heterocycles. The summed E-state index contributed by atoms with van der Waals surface area (Å²) in [6.07, 6.45) is 8.73. The minimum atomic E-state index is 0.812. The molecule has 1 unspecified atom stereocenters. The van der Waals surface area contributed by atoms with Crippen molar-refractivity contribution in [1.29, 1.82) is 0 Å². The van der Waals surface area contributed by atoms with Crippen LogP contribution in [0, 0.1) is 6.92 Å². The Balaban J connectivity index is 3.09. The largest absolute Gasteiger partial charge is 0.162 e. The molecule has 0 rings (SSSR count). The SMILES string of the molecule is [CH2]CC(CCCCC)SC. The fourth-order valence-corrected chi connectivity index (χ4v) is 1.64. The molecule has 0 bridgehead atoms. The standard InChI is InChI=1S/C9H19S/c1-4-6-7-8-9(5-2)10-3/h9H,2,4-8H2,1,3H3. The molecule has 0 N–H and O–H groups in total. The van der Waals surface area contributed by atoms with Crippen LogP contribution in [-0.4, -0.2) is 11.5 Å². The normalized spacial score (nSPS) is 13.5. The first-order valence-corrected chi connectivity index (χ1v) is 5.46. The van der Waals surface area contributed by atoms with Gasteiger partial charge in [0.15, 0.2) is 0 Å². The van der Waals surface area contributed by atoms with Crippen molar-refractivity contribution in [2.45, 2.75) is 44.3 Å². The van der Waals surface area contributed by atoms with E-state index >= 15 is 0 Å². The van der Waals surface area contributed by atoms with Crippen LogP contribution in [0.1, 0.15) is 39.0 Å². The molecule has 0 fully saturated rings. The monoisotopic (exact) mass is 159 g/mol. The molecule has 0 amide bonds. The third-order valence-electron chi connectivity index (χ3n) is 1.78. The second-order valence-corrected chi connectivity index (χ2v) is 3.78. The van der Waals surface area contributed by atoms with Gasteiger partial charge in [-0.3, -0.25) is 0 Å². The number of unbranched alkanes of at least 4 members (excludes halogenated alkanes) is 2. The van der Waals surface area contributed by atoms with Crippen LogP contribution in [0.3, 0.4) is 0 Å². The molecule has 0 aromatic carbocycles. The van der Waals surface area contributed by atoms with Gasteiger partial charge in [-0.05, 0) is 19.1 Å². The summed E-state index contributed by atoms with van der Waals surface area (Å²) in [5, 5.41) is 0.812. The Morgan fingerprint density at radius 1 is 1.40 bits per heavy atom. The van der Waals surface area contributed by atoms with Crippen LogP contribution in [0.4, 0.5) is 0 Å². The first-order valence-electron chi connectivity index (χ1n) is 4.17. The van der Waals surface area contributed by atoms with Gasteiger partial charge < -0.3 is 0 Å². The van der Waals surface area contributed by atoms with E-state index < -0.39 is 0 Å². The summed E-state index contributed by atoms with van der Waals surface area (Å²) >= 11 is 1.96. The highest BCUT2D eigenvalue weighted by molar-refractivity contribution is 7.99. The van der Waals surface area contributed by atoms with Crippen LogP contribution in [-0.2, 0) is 0 Å². The lowest BCUT2D eigenvalue weighted by Gasteiger charge is -2.09. The van der Waals surface area contributed by atoms with E-state index in [4.69, 9.17) is 0 Å². The molecule has 0 nitrogen and oxygen atoms in total. The van der Waals surface area contributed by atoms with E-state index in [2.05, 4.69) is 20.1 Å². The summed E-state index contributed by atoms with van der Waals surface area (Å²) < 4.78 is 0. The Morgan fingerprint density at radius 3 is 2.50 bits per heavy atom. The molecule has 0 aromatic heterocycles. The zero-order valence-corrected chi connectivity index (χ0v) is 8.04. The van der Waals surface area contributed by atoms with Crippen LogP contribution < -0.4 is 0 Å². The highest BCUT2D eigenvalue weighted by atomic mass is 32.2. The minimum Gasteiger partial charge on any atom is -0.162 e. The predicted octanol–water partition coefficient (Wildman–Crippen LogP) is 3.52. The van der Waals surface area contributed by atoms with Gasteiger partial charge in [-0.2, -0.15) is 11.8 Å². The molecule has 0 aromatic rings. The lowest BCUT2D eigenvalue weighted by Crippen LogP contribution is -1.98. The van der Waals surface area contributed by atoms with Gasteiger partial charge in [-0.1, -0.05) is 33.1 Å². The van der Waals surface area contributed by atoms with Gasteiger partial charge in [0, 0.05) is 5.25 Å². The lowest BCUT2D eigenvalue weighted by molar-refractivity contribution is 0.647.